The first-order valence-electron chi connectivity index (χ1n) is 3.80. The summed E-state index contributed by atoms with van der Waals surface area (Å²) < 4.78 is 0. The maximum absolute atomic E-state index is 8.94. The van der Waals surface area contributed by atoms with Crippen LogP contribution in [0, 0.1) is 0 Å². The van der Waals surface area contributed by atoms with E-state index < -0.39 is 0 Å². The van der Waals surface area contributed by atoms with Gasteiger partial charge in [0.05, 0.1) is 0 Å². The summed E-state index contributed by atoms with van der Waals surface area (Å²) in [6, 6.07) is 0.565. The Kier molecular flexibility index (Phi) is 2.65. The molecule has 1 unspecified atom stereocenters. The normalized spacial score (nSPS) is 28.2. The summed E-state index contributed by atoms with van der Waals surface area (Å²) in [6.07, 6.45) is 2.50. The van der Waals surface area contributed by atoms with Crippen LogP contribution in [0.3, 0.4) is 0 Å². The van der Waals surface area contributed by atoms with Gasteiger partial charge in [-0.1, -0.05) is 0 Å². The van der Waals surface area contributed by atoms with Crippen molar-refractivity contribution in [3.8, 4) is 0 Å². The highest BCUT2D eigenvalue weighted by atomic mass is 16.5. The zero-order chi connectivity index (χ0) is 7.56. The highest BCUT2D eigenvalue weighted by molar-refractivity contribution is 4.76. The van der Waals surface area contributed by atoms with E-state index in [1.54, 1.807) is 7.05 Å². The van der Waals surface area contributed by atoms with Crippen molar-refractivity contribution in [2.24, 2.45) is 0 Å². The van der Waals surface area contributed by atoms with Gasteiger partial charge in [0.2, 0.25) is 0 Å². The van der Waals surface area contributed by atoms with Crippen LogP contribution in [0.2, 0.25) is 0 Å². The Morgan fingerprint density at radius 1 is 1.70 bits per heavy atom. The van der Waals surface area contributed by atoms with Gasteiger partial charge < -0.3 is 10.1 Å². The molecule has 1 aliphatic heterocycles. The van der Waals surface area contributed by atoms with Crippen molar-refractivity contribution in [2.75, 3.05) is 27.2 Å². The minimum Gasteiger partial charge on any atom is -0.314 e. The van der Waals surface area contributed by atoms with Gasteiger partial charge in [0.15, 0.2) is 0 Å². The van der Waals surface area contributed by atoms with Gasteiger partial charge in [-0.3, -0.25) is 0 Å². The fourth-order valence-corrected chi connectivity index (χ4v) is 1.51. The molecule has 1 atom stereocenters. The van der Waals surface area contributed by atoms with Crippen molar-refractivity contribution in [2.45, 2.75) is 18.9 Å². The monoisotopic (exact) mass is 144 g/mol. The molecule has 3 nitrogen and oxygen atoms in total. The smallest absolute Gasteiger partial charge is 0.0391 e. The molecule has 3 heteroatoms. The van der Waals surface area contributed by atoms with Crippen LogP contribution in [0.25, 0.3) is 0 Å². The standard InChI is InChI=1S/C7H16N2O/c1-8-5-3-4-7(8)6-9(2)10/h7,10H,3-6H2,1-2H3. The zero-order valence-electron chi connectivity index (χ0n) is 6.75. The quantitative estimate of drug-likeness (QED) is 0.568. The maximum atomic E-state index is 8.94. The van der Waals surface area contributed by atoms with Gasteiger partial charge in [-0.25, -0.2) is 0 Å². The van der Waals surface area contributed by atoms with E-state index in [9.17, 15) is 0 Å². The number of hydrogen-bond donors (Lipinski definition) is 1. The summed E-state index contributed by atoms with van der Waals surface area (Å²) in [5, 5.41) is 10.2. The molecule has 10 heavy (non-hydrogen) atoms. The highest BCUT2D eigenvalue weighted by Crippen LogP contribution is 2.14. The molecule has 1 rings (SSSR count). The van der Waals surface area contributed by atoms with E-state index in [0.29, 0.717) is 6.04 Å². The van der Waals surface area contributed by atoms with Crippen LogP contribution in [-0.4, -0.2) is 48.4 Å². The lowest BCUT2D eigenvalue weighted by Gasteiger charge is -2.21. The first-order valence-corrected chi connectivity index (χ1v) is 3.80. The Hall–Kier alpha value is -0.120. The Bertz CT molecular complexity index is 106. The van der Waals surface area contributed by atoms with Crippen molar-refractivity contribution in [3.05, 3.63) is 0 Å². The predicted octanol–water partition coefficient (Wildman–Crippen LogP) is 0.402. The first-order chi connectivity index (χ1) is 4.70. The van der Waals surface area contributed by atoms with Crippen LogP contribution in [0.4, 0.5) is 0 Å². The summed E-state index contributed by atoms with van der Waals surface area (Å²) in [5.41, 5.74) is 0. The number of nitrogens with zero attached hydrogens (tertiary/aromatic N) is 2. The topological polar surface area (TPSA) is 26.7 Å². The van der Waals surface area contributed by atoms with Crippen molar-refractivity contribution < 1.29 is 5.21 Å². The molecule has 0 amide bonds. The molecule has 60 valence electrons. The summed E-state index contributed by atoms with van der Waals surface area (Å²) in [6.45, 7) is 1.95. The third-order valence-corrected chi connectivity index (χ3v) is 2.15. The van der Waals surface area contributed by atoms with E-state index in [1.807, 2.05) is 0 Å². The van der Waals surface area contributed by atoms with E-state index in [2.05, 4.69) is 11.9 Å². The van der Waals surface area contributed by atoms with Gasteiger partial charge in [-0.2, -0.15) is 5.06 Å². The number of rotatable bonds is 2. The van der Waals surface area contributed by atoms with Crippen LogP contribution in [-0.2, 0) is 0 Å². The van der Waals surface area contributed by atoms with Crippen molar-refractivity contribution in [1.29, 1.82) is 0 Å². The Balaban J connectivity index is 2.26. The molecule has 0 radical (unpaired) electrons. The molecule has 1 aliphatic rings. The molecule has 0 aliphatic carbocycles. The number of hydrogen-bond acceptors (Lipinski definition) is 3. The van der Waals surface area contributed by atoms with E-state index >= 15 is 0 Å². The fraction of sp³-hybridized carbons (Fsp3) is 1.00. The number of likely N-dealkylation sites (tertiary alicyclic amines) is 1. The van der Waals surface area contributed by atoms with Gasteiger partial charge in [-0.15, -0.1) is 0 Å². The van der Waals surface area contributed by atoms with Crippen molar-refractivity contribution in [1.82, 2.24) is 9.96 Å². The molecule has 0 aromatic rings. The minimum atomic E-state index is 0.565. The molecule has 1 fully saturated rings. The summed E-state index contributed by atoms with van der Waals surface area (Å²) >= 11 is 0. The highest BCUT2D eigenvalue weighted by Gasteiger charge is 2.21. The van der Waals surface area contributed by atoms with Gasteiger partial charge in [0, 0.05) is 19.6 Å². The molecule has 1 heterocycles. The zero-order valence-corrected chi connectivity index (χ0v) is 6.75. The van der Waals surface area contributed by atoms with Gasteiger partial charge in [0.25, 0.3) is 0 Å². The summed E-state index contributed by atoms with van der Waals surface area (Å²) in [7, 11) is 3.81. The van der Waals surface area contributed by atoms with E-state index in [1.165, 1.54) is 24.4 Å². The number of hydroxylamine groups is 2. The SMILES string of the molecule is CN(O)CC1CCCN1C. The van der Waals surface area contributed by atoms with Crippen LogP contribution in [0.15, 0.2) is 0 Å². The molecule has 0 saturated carbocycles. The van der Waals surface area contributed by atoms with Crippen molar-refractivity contribution >= 4 is 0 Å². The summed E-state index contributed by atoms with van der Waals surface area (Å²) in [5.74, 6) is 0. The van der Waals surface area contributed by atoms with Crippen molar-refractivity contribution in [3.63, 3.8) is 0 Å². The second-order valence-corrected chi connectivity index (χ2v) is 3.12. The molecule has 0 aromatic heterocycles. The third kappa shape index (κ3) is 1.94. The lowest BCUT2D eigenvalue weighted by Crippen LogP contribution is -2.35. The fourth-order valence-electron chi connectivity index (χ4n) is 1.51. The lowest BCUT2D eigenvalue weighted by atomic mass is 10.2. The van der Waals surface area contributed by atoms with E-state index in [-0.39, 0.29) is 0 Å². The Morgan fingerprint density at radius 2 is 2.40 bits per heavy atom. The molecule has 0 spiro atoms. The van der Waals surface area contributed by atoms with Crippen LogP contribution >= 0.6 is 0 Å². The Morgan fingerprint density at radius 3 is 2.80 bits per heavy atom. The second kappa shape index (κ2) is 3.32. The lowest BCUT2D eigenvalue weighted by molar-refractivity contribution is -0.0769. The first kappa shape index (κ1) is 7.98. The third-order valence-electron chi connectivity index (χ3n) is 2.15. The van der Waals surface area contributed by atoms with Gasteiger partial charge in [-0.05, 0) is 26.4 Å². The second-order valence-electron chi connectivity index (χ2n) is 3.12. The predicted molar refractivity (Wildman–Crippen MR) is 40.1 cm³/mol. The average Bonchev–Trinajstić information content (AvgIpc) is 2.15. The molecule has 0 bridgehead atoms. The number of likely N-dealkylation sites (N-methyl/N-ethyl adjacent to an activating group) is 2. The molecule has 1 saturated heterocycles. The van der Waals surface area contributed by atoms with Crippen LogP contribution in [0.5, 0.6) is 0 Å². The maximum Gasteiger partial charge on any atom is 0.0391 e. The molecular formula is C7H16N2O. The largest absolute Gasteiger partial charge is 0.314 e. The van der Waals surface area contributed by atoms with Crippen LogP contribution in [0.1, 0.15) is 12.8 Å². The van der Waals surface area contributed by atoms with Gasteiger partial charge in [0.1, 0.15) is 0 Å². The van der Waals surface area contributed by atoms with Gasteiger partial charge >= 0.3 is 0 Å². The summed E-state index contributed by atoms with van der Waals surface area (Å²) in [4.78, 5) is 2.30. The minimum absolute atomic E-state index is 0.565. The Labute approximate surface area is 62.2 Å². The average molecular weight is 144 g/mol. The molecule has 1 N–H and O–H groups in total. The van der Waals surface area contributed by atoms with E-state index in [4.69, 9.17) is 5.21 Å². The molecule has 0 aromatic carbocycles. The molecular weight excluding hydrogens is 128 g/mol. The van der Waals surface area contributed by atoms with Crippen LogP contribution < -0.4 is 0 Å². The van der Waals surface area contributed by atoms with E-state index in [0.717, 1.165) is 6.54 Å².